The third kappa shape index (κ3) is 3.71. The monoisotopic (exact) mass is 548 g/mol. The van der Waals surface area contributed by atoms with Gasteiger partial charge in [0.05, 0.1) is 23.3 Å². The lowest BCUT2D eigenvalue weighted by Gasteiger charge is -2.31. The lowest BCUT2D eigenvalue weighted by atomic mass is 9.84. The number of nitrogens with zero attached hydrogens (tertiary/aromatic N) is 6. The highest BCUT2D eigenvalue weighted by atomic mass is 35.5. The second-order valence-corrected chi connectivity index (χ2v) is 11.3. The molecule has 0 atom stereocenters. The number of nitrogens with two attached hydrogens (primary N) is 1. The van der Waals surface area contributed by atoms with Gasteiger partial charge in [0, 0.05) is 34.8 Å². The lowest BCUT2D eigenvalue weighted by Crippen LogP contribution is -2.35. The van der Waals surface area contributed by atoms with Crippen molar-refractivity contribution in [3.63, 3.8) is 0 Å². The summed E-state index contributed by atoms with van der Waals surface area (Å²) in [6.45, 7) is 0.543. The lowest BCUT2D eigenvalue weighted by molar-refractivity contribution is 0.0925. The van der Waals surface area contributed by atoms with Crippen LogP contribution in [0.1, 0.15) is 48.3 Å². The topological polar surface area (TPSA) is 124 Å². The molecule has 2 fully saturated rings. The molecular formula is C30H25ClN8O. The average molecular weight is 549 g/mol. The van der Waals surface area contributed by atoms with Crippen LogP contribution in [-0.4, -0.2) is 41.9 Å². The van der Waals surface area contributed by atoms with Gasteiger partial charge in [-0.2, -0.15) is 0 Å². The Kier molecular flexibility index (Phi) is 5.51. The van der Waals surface area contributed by atoms with Crippen LogP contribution in [0, 0.1) is 17.8 Å². The number of para-hydroxylation sites is 1. The molecule has 3 N–H and O–H groups in total. The molecule has 2 aliphatic rings. The van der Waals surface area contributed by atoms with Crippen LogP contribution in [0.5, 0.6) is 0 Å². The van der Waals surface area contributed by atoms with Crippen molar-refractivity contribution in [3.8, 4) is 23.5 Å². The van der Waals surface area contributed by atoms with Gasteiger partial charge >= 0.3 is 0 Å². The molecule has 1 amide bonds. The molecule has 2 bridgehead atoms. The Morgan fingerprint density at radius 2 is 1.90 bits per heavy atom. The quantitative estimate of drug-likeness (QED) is 0.304. The molecule has 0 aliphatic heterocycles. The summed E-state index contributed by atoms with van der Waals surface area (Å²) in [5.74, 6) is 3.12. The van der Waals surface area contributed by atoms with E-state index in [2.05, 4.69) is 41.8 Å². The SMILES string of the molecule is C#Cc1c(-c2cnc3ccccc3c2)c2c(N)ncnc2n1C12CCC(CNC(=O)c3cnc(Cl)cn3)(CC1)C2. The van der Waals surface area contributed by atoms with Crippen molar-refractivity contribution in [2.24, 2.45) is 5.41 Å². The molecule has 9 nitrogen and oxygen atoms in total. The third-order valence-electron chi connectivity index (χ3n) is 8.69. The number of hydrogen-bond donors (Lipinski definition) is 2. The largest absolute Gasteiger partial charge is 0.383 e. The highest BCUT2D eigenvalue weighted by molar-refractivity contribution is 6.29. The number of benzene rings is 1. The maximum atomic E-state index is 12.8. The summed E-state index contributed by atoms with van der Waals surface area (Å²) in [5.41, 5.74) is 10.5. The van der Waals surface area contributed by atoms with E-state index in [4.69, 9.17) is 28.7 Å². The second-order valence-electron chi connectivity index (χ2n) is 10.9. The Balaban J connectivity index is 1.28. The number of pyridine rings is 1. The molecule has 198 valence electrons. The zero-order valence-corrected chi connectivity index (χ0v) is 22.3. The molecule has 0 unspecified atom stereocenters. The minimum atomic E-state index is -0.259. The van der Waals surface area contributed by atoms with E-state index in [-0.39, 0.29) is 27.7 Å². The van der Waals surface area contributed by atoms with Crippen molar-refractivity contribution < 1.29 is 4.79 Å². The van der Waals surface area contributed by atoms with Gasteiger partial charge in [-0.05, 0) is 49.7 Å². The summed E-state index contributed by atoms with van der Waals surface area (Å²) in [6.07, 6.45) is 17.0. The Morgan fingerprint density at radius 1 is 1.07 bits per heavy atom. The third-order valence-corrected chi connectivity index (χ3v) is 8.89. The maximum Gasteiger partial charge on any atom is 0.271 e. The number of amides is 1. The number of nitrogens with one attached hydrogen (secondary N) is 1. The molecule has 2 saturated carbocycles. The zero-order valence-electron chi connectivity index (χ0n) is 21.6. The number of carbonyl (C=O) groups is 1. The van der Waals surface area contributed by atoms with Crippen molar-refractivity contribution >= 4 is 45.3 Å². The molecule has 0 saturated heterocycles. The first-order valence-electron chi connectivity index (χ1n) is 13.1. The van der Waals surface area contributed by atoms with Crippen LogP contribution >= 0.6 is 11.6 Å². The predicted octanol–water partition coefficient (Wildman–Crippen LogP) is 4.74. The predicted molar refractivity (Wildman–Crippen MR) is 153 cm³/mol. The molecular weight excluding hydrogens is 524 g/mol. The molecule has 7 rings (SSSR count). The molecule has 10 heteroatoms. The Morgan fingerprint density at radius 3 is 2.67 bits per heavy atom. The summed E-state index contributed by atoms with van der Waals surface area (Å²) < 4.78 is 2.23. The minimum absolute atomic E-state index is 0.0543. The van der Waals surface area contributed by atoms with Crippen LogP contribution in [0.25, 0.3) is 33.1 Å². The van der Waals surface area contributed by atoms with Crippen LogP contribution in [0.4, 0.5) is 5.82 Å². The van der Waals surface area contributed by atoms with Gasteiger partial charge in [0.1, 0.15) is 34.3 Å². The molecule has 5 aromatic rings. The maximum absolute atomic E-state index is 12.8. The van der Waals surface area contributed by atoms with E-state index in [1.165, 1.54) is 18.7 Å². The molecule has 0 spiro atoms. The fourth-order valence-electron chi connectivity index (χ4n) is 6.85. The second kappa shape index (κ2) is 9.00. The summed E-state index contributed by atoms with van der Waals surface area (Å²) in [7, 11) is 0. The van der Waals surface area contributed by atoms with Gasteiger partial charge in [0.25, 0.3) is 5.91 Å². The van der Waals surface area contributed by atoms with Gasteiger partial charge in [-0.25, -0.2) is 19.9 Å². The molecule has 0 radical (unpaired) electrons. The summed E-state index contributed by atoms with van der Waals surface area (Å²) in [6, 6.07) is 10.1. The summed E-state index contributed by atoms with van der Waals surface area (Å²) in [5, 5.41) is 5.09. The fourth-order valence-corrected chi connectivity index (χ4v) is 6.95. The van der Waals surface area contributed by atoms with E-state index >= 15 is 0 Å². The Labute approximate surface area is 235 Å². The van der Waals surface area contributed by atoms with Gasteiger partial charge in [-0.15, -0.1) is 6.42 Å². The number of anilines is 1. The normalized spacial score (nSPS) is 21.6. The van der Waals surface area contributed by atoms with E-state index < -0.39 is 0 Å². The molecule has 4 heterocycles. The van der Waals surface area contributed by atoms with Crippen LogP contribution in [0.3, 0.4) is 0 Å². The Bertz CT molecular complexity index is 1850. The molecule has 2 aliphatic carbocycles. The number of rotatable bonds is 5. The van der Waals surface area contributed by atoms with Crippen molar-refractivity contribution in [1.82, 2.24) is 34.8 Å². The highest BCUT2D eigenvalue weighted by Gasteiger charge is 2.56. The standard InChI is InChI=1S/C30H25ClN8O/c1-2-22-24(19-11-18-5-3-4-6-20(18)33-12-19)25-26(32)37-17-38-27(25)39(22)30-9-7-29(15-30,8-10-30)16-36-28(40)21-13-35-23(31)14-34-21/h1,3-6,11-14,17H,7-10,15-16H2,(H,36,40)(H2,32,37,38). The van der Waals surface area contributed by atoms with Gasteiger partial charge in [0.2, 0.25) is 0 Å². The first kappa shape index (κ1) is 24.5. The number of halogens is 1. The van der Waals surface area contributed by atoms with Crippen LogP contribution in [0.2, 0.25) is 5.15 Å². The van der Waals surface area contributed by atoms with Crippen molar-refractivity contribution in [3.05, 3.63) is 71.8 Å². The number of carbonyl (C=O) groups excluding carboxylic acids is 1. The molecule has 1 aromatic carbocycles. The molecule has 40 heavy (non-hydrogen) atoms. The zero-order chi connectivity index (χ0) is 27.5. The fraction of sp³-hybridized carbons (Fsp3) is 0.267. The van der Waals surface area contributed by atoms with Gasteiger partial charge in [-0.1, -0.05) is 35.7 Å². The number of nitrogen functional groups attached to an aromatic ring is 1. The molecule has 4 aromatic heterocycles. The van der Waals surface area contributed by atoms with E-state index in [0.29, 0.717) is 12.4 Å². The van der Waals surface area contributed by atoms with Crippen molar-refractivity contribution in [2.45, 2.75) is 37.6 Å². The first-order chi connectivity index (χ1) is 19.4. The smallest absolute Gasteiger partial charge is 0.271 e. The minimum Gasteiger partial charge on any atom is -0.383 e. The van der Waals surface area contributed by atoms with E-state index in [1.807, 2.05) is 30.5 Å². The first-order valence-corrected chi connectivity index (χ1v) is 13.5. The number of fused-ring (bicyclic) bond motifs is 4. The highest BCUT2D eigenvalue weighted by Crippen LogP contribution is 2.61. The van der Waals surface area contributed by atoms with Crippen molar-refractivity contribution in [1.29, 1.82) is 0 Å². The average Bonchev–Trinajstić information content (AvgIpc) is 3.65. The Hall–Kier alpha value is -4.55. The van der Waals surface area contributed by atoms with Gasteiger partial charge in [0.15, 0.2) is 0 Å². The van der Waals surface area contributed by atoms with E-state index in [9.17, 15) is 4.79 Å². The summed E-state index contributed by atoms with van der Waals surface area (Å²) >= 11 is 5.82. The van der Waals surface area contributed by atoms with Gasteiger partial charge < -0.3 is 15.6 Å². The van der Waals surface area contributed by atoms with Gasteiger partial charge in [-0.3, -0.25) is 9.78 Å². The number of terminal acetylenes is 1. The van der Waals surface area contributed by atoms with E-state index in [1.54, 1.807) is 0 Å². The van der Waals surface area contributed by atoms with Crippen LogP contribution < -0.4 is 11.1 Å². The summed E-state index contributed by atoms with van der Waals surface area (Å²) in [4.78, 5) is 34.6. The number of hydrogen-bond acceptors (Lipinski definition) is 7. The van der Waals surface area contributed by atoms with Crippen LogP contribution in [-0.2, 0) is 5.54 Å². The van der Waals surface area contributed by atoms with Crippen LogP contribution in [0.15, 0.2) is 55.2 Å². The number of aromatic nitrogens is 6. The van der Waals surface area contributed by atoms with Crippen molar-refractivity contribution in [2.75, 3.05) is 12.3 Å². The van der Waals surface area contributed by atoms with E-state index in [0.717, 1.165) is 70.9 Å².